The van der Waals surface area contributed by atoms with E-state index in [-0.39, 0.29) is 60.8 Å². The summed E-state index contributed by atoms with van der Waals surface area (Å²) in [6.45, 7) is 27.9. The van der Waals surface area contributed by atoms with Gasteiger partial charge in [-0.25, -0.2) is 23.2 Å². The zero-order chi connectivity index (χ0) is 59.3. The second-order valence-corrected chi connectivity index (χ2v) is 22.0. The average Bonchev–Trinajstić information content (AvgIpc) is 3.68. The van der Waals surface area contributed by atoms with Gasteiger partial charge in [0, 0.05) is 18.9 Å². The molecule has 0 bridgehead atoms. The maximum atomic E-state index is 15.4. The topological polar surface area (TPSA) is 172 Å². The number of allylic oxidation sites excluding steroid dienone is 2. The van der Waals surface area contributed by atoms with E-state index in [0.29, 0.717) is 23.1 Å². The van der Waals surface area contributed by atoms with Crippen molar-refractivity contribution in [2.24, 2.45) is 5.92 Å². The number of aromatic carboxylic acids is 1. The molecule has 0 amide bonds. The maximum Gasteiger partial charge on any atom is 0.339 e. The molecule has 79 heavy (non-hydrogen) atoms. The normalized spacial score (nSPS) is 20.3. The molecule has 12 nitrogen and oxygen atoms in total. The van der Waals surface area contributed by atoms with Crippen molar-refractivity contribution in [3.05, 3.63) is 129 Å². The molecule has 442 valence electrons. The van der Waals surface area contributed by atoms with Crippen molar-refractivity contribution in [1.29, 1.82) is 0 Å². The predicted octanol–water partition coefficient (Wildman–Crippen LogP) is 14.6. The highest BCUT2D eigenvalue weighted by molar-refractivity contribution is 5.96. The Kier molecular flexibility index (Phi) is 32.2. The first kappa shape index (κ1) is 70.0. The van der Waals surface area contributed by atoms with Crippen LogP contribution in [-0.4, -0.2) is 112 Å². The number of alkyl halides is 1. The molecule has 3 unspecified atom stereocenters. The van der Waals surface area contributed by atoms with Crippen molar-refractivity contribution in [1.82, 2.24) is 4.90 Å². The molecule has 3 aromatic carbocycles. The summed E-state index contributed by atoms with van der Waals surface area (Å²) in [6.07, 6.45) is 15.9. The van der Waals surface area contributed by atoms with E-state index >= 15 is 4.39 Å². The minimum Gasteiger partial charge on any atom is -0.478 e. The van der Waals surface area contributed by atoms with Crippen LogP contribution >= 0.6 is 0 Å². The second-order valence-electron chi connectivity index (χ2n) is 22.0. The first-order valence-electron chi connectivity index (χ1n) is 28.6. The third-order valence-corrected chi connectivity index (χ3v) is 13.1. The van der Waals surface area contributed by atoms with Crippen LogP contribution < -0.4 is 0 Å². The molecule has 1 saturated heterocycles. The monoisotopic (exact) mass is 1110 g/mol. The molecule has 6 atom stereocenters. The van der Waals surface area contributed by atoms with E-state index in [4.69, 9.17) is 29.2 Å². The molecule has 3 aromatic rings. The van der Waals surface area contributed by atoms with Gasteiger partial charge in [-0.1, -0.05) is 125 Å². The Morgan fingerprint density at radius 1 is 0.886 bits per heavy atom. The number of carboxylic acid groups (broad SMARTS) is 1. The highest BCUT2D eigenvalue weighted by Gasteiger charge is 2.49. The van der Waals surface area contributed by atoms with Crippen molar-refractivity contribution >= 4 is 30.1 Å². The summed E-state index contributed by atoms with van der Waals surface area (Å²) in [5.74, 6) is -4.77. The Morgan fingerprint density at radius 3 is 2.04 bits per heavy atom. The quantitative estimate of drug-likeness (QED) is 0.0624. The van der Waals surface area contributed by atoms with E-state index in [2.05, 4.69) is 31.7 Å². The number of aryl methyl sites for hydroxylation is 4. The van der Waals surface area contributed by atoms with E-state index in [9.17, 15) is 29.0 Å². The Balaban J connectivity index is 0.000000432. The third kappa shape index (κ3) is 27.3. The molecule has 0 saturated carbocycles. The number of hydrogen-bond donors (Lipinski definition) is 4. The van der Waals surface area contributed by atoms with Crippen LogP contribution in [0.3, 0.4) is 0 Å². The summed E-state index contributed by atoms with van der Waals surface area (Å²) < 4.78 is 52.8. The molecular formula is C65H97F2NO11. The lowest BCUT2D eigenvalue weighted by Gasteiger charge is -2.29. The smallest absolute Gasteiger partial charge is 0.339 e. The third-order valence-electron chi connectivity index (χ3n) is 13.1. The molecular weight excluding hydrogens is 1010 g/mol. The molecule has 0 aromatic heterocycles. The summed E-state index contributed by atoms with van der Waals surface area (Å²) in [6, 6.07) is 15.9. The molecule has 5 rings (SSSR count). The zero-order valence-corrected chi connectivity index (χ0v) is 49.9. The van der Waals surface area contributed by atoms with Crippen LogP contribution in [-0.2, 0) is 18.9 Å². The number of carbonyl (C=O) groups is 3. The number of halogens is 2. The summed E-state index contributed by atoms with van der Waals surface area (Å²) in [4.78, 5) is 39.8. The van der Waals surface area contributed by atoms with Gasteiger partial charge in [-0.05, 0) is 180 Å². The number of aliphatic hydroxyl groups excluding tert-OH is 1. The van der Waals surface area contributed by atoms with Crippen LogP contribution in [0.5, 0.6) is 0 Å². The van der Waals surface area contributed by atoms with Crippen LogP contribution in [0.2, 0.25) is 0 Å². The number of aliphatic hydroxyl groups is 3. The van der Waals surface area contributed by atoms with E-state index in [1.165, 1.54) is 72.0 Å². The van der Waals surface area contributed by atoms with Crippen LogP contribution in [0.15, 0.2) is 78.7 Å². The lowest BCUT2D eigenvalue weighted by Crippen LogP contribution is -2.44. The Labute approximate surface area is 472 Å². The fraction of sp³-hybridized carbons (Fsp3) is 0.585. The highest BCUT2D eigenvalue weighted by atomic mass is 19.1. The summed E-state index contributed by atoms with van der Waals surface area (Å²) in [5, 5.41) is 35.0. The van der Waals surface area contributed by atoms with Crippen molar-refractivity contribution in [2.75, 3.05) is 26.2 Å². The second kappa shape index (κ2) is 36.3. The first-order valence-corrected chi connectivity index (χ1v) is 28.6. The van der Waals surface area contributed by atoms with E-state index in [1.54, 1.807) is 82.3 Å². The van der Waals surface area contributed by atoms with Crippen LogP contribution in [0.25, 0.3) is 12.2 Å². The van der Waals surface area contributed by atoms with Crippen molar-refractivity contribution in [3.8, 4) is 0 Å². The number of carbonyl (C=O) groups excluding carboxylic acids is 2. The number of nitrogens with zero attached hydrogens (tertiary/aromatic N) is 1. The standard InChI is InChI=1S/C29H35FO7.C21H27FO2.C12H27N.C3H8O2/c1-18-16-19(2)24(27(32)33)21(17-18)12-8-14-23-26(37-29(3,4)36-23)25(22(30)13-9-15-31)35-28(34)20-10-6-5-7-11-20;1-14-12-16(3)20-18(13-14)9-7-5-6-8-15(2)19(22)11-10-17(4)24-21(20)23;1-4-7-10-13(11-8-5-2)12-9-6-3;1-3(2,4)5/h5-8,10-12,16-17,22-23,25-26,31H,9,13-15H2,1-4H3,(H,32,33);7,9,11-13,15,17H,5-6,8,10H2,1-4H3;4-12H2,1-3H3;4-5H,1-2H3/b12-8+;9-7+,19-11+;;/t22?,23-,25?,26-;15?,17-;;/m00../s1. The number of hydrogen-bond acceptors (Lipinski definition) is 11. The number of fused-ring (bicyclic) bond motifs is 1. The largest absolute Gasteiger partial charge is 0.478 e. The number of esters is 2. The number of benzene rings is 3. The van der Waals surface area contributed by atoms with Gasteiger partial charge in [0.1, 0.15) is 18.4 Å². The first-order chi connectivity index (χ1) is 37.2. The Morgan fingerprint density at radius 2 is 1.47 bits per heavy atom. The summed E-state index contributed by atoms with van der Waals surface area (Å²) in [7, 11) is 0. The van der Waals surface area contributed by atoms with E-state index < -0.39 is 48.0 Å². The number of rotatable bonds is 20. The zero-order valence-electron chi connectivity index (χ0n) is 49.9. The van der Waals surface area contributed by atoms with Crippen molar-refractivity contribution in [3.63, 3.8) is 0 Å². The summed E-state index contributed by atoms with van der Waals surface area (Å²) >= 11 is 0. The summed E-state index contributed by atoms with van der Waals surface area (Å²) in [5.41, 5.74) is 6.18. The van der Waals surface area contributed by atoms with Crippen molar-refractivity contribution < 1.29 is 62.5 Å². The number of carboxylic acids is 1. The highest BCUT2D eigenvalue weighted by Crippen LogP contribution is 2.36. The van der Waals surface area contributed by atoms with Gasteiger partial charge in [-0.15, -0.1) is 0 Å². The molecule has 0 spiro atoms. The minimum absolute atomic E-state index is 0.0172. The van der Waals surface area contributed by atoms with E-state index in [1.807, 2.05) is 52.0 Å². The molecule has 0 radical (unpaired) electrons. The molecule has 2 aliphatic heterocycles. The molecule has 2 aliphatic rings. The van der Waals surface area contributed by atoms with Crippen LogP contribution in [0.4, 0.5) is 8.78 Å². The van der Waals surface area contributed by atoms with Gasteiger partial charge in [0.05, 0.1) is 28.6 Å². The fourth-order valence-electron chi connectivity index (χ4n) is 9.19. The van der Waals surface area contributed by atoms with Gasteiger partial charge in [-0.3, -0.25) is 0 Å². The molecule has 0 aliphatic carbocycles. The predicted molar refractivity (Wildman–Crippen MR) is 314 cm³/mol. The Hall–Kier alpha value is -5.09. The van der Waals surface area contributed by atoms with Gasteiger partial charge in [-0.2, -0.15) is 0 Å². The van der Waals surface area contributed by atoms with Crippen LogP contribution in [0, 0.1) is 33.6 Å². The van der Waals surface area contributed by atoms with Gasteiger partial charge in [0.25, 0.3) is 0 Å². The molecule has 14 heteroatoms. The SMILES string of the molecule is CC(C)(O)O.CCCCN(CCCC)CCCC.Cc1cc(C)c(C(=O)O)c(/C=C/C[C@@H]2OC(C)(C)O[C@@H]2C(OC(=O)c2ccccc2)C(F)CCCO)c1.Cc1cc(C)c2c(c1)/C=C/CCCC(C)/C(F)=C\C[C@H](C)OC2=O. The average molecular weight is 1110 g/mol. The Bertz CT molecular complexity index is 2350. The lowest BCUT2D eigenvalue weighted by atomic mass is 9.96. The lowest BCUT2D eigenvalue weighted by molar-refractivity contribution is -0.160. The fourth-order valence-corrected chi connectivity index (χ4v) is 9.19. The number of ether oxygens (including phenoxy) is 4. The van der Waals surface area contributed by atoms with Gasteiger partial charge in [0.2, 0.25) is 0 Å². The van der Waals surface area contributed by atoms with Gasteiger partial charge < -0.3 is 44.3 Å². The van der Waals surface area contributed by atoms with Gasteiger partial charge >= 0.3 is 17.9 Å². The molecule has 1 fully saturated rings. The minimum atomic E-state index is -1.59. The van der Waals surface area contributed by atoms with E-state index in [0.717, 1.165) is 41.5 Å². The number of cyclic esters (lactones) is 1. The number of unbranched alkanes of at least 4 members (excludes halogenated alkanes) is 3. The maximum absolute atomic E-state index is 15.4. The van der Waals surface area contributed by atoms with Crippen LogP contribution in [0.1, 0.15) is 210 Å². The molecule has 2 heterocycles. The van der Waals surface area contributed by atoms with Crippen molar-refractivity contribution in [2.45, 2.75) is 216 Å². The van der Waals surface area contributed by atoms with Gasteiger partial charge in [0.15, 0.2) is 17.7 Å². The molecule has 4 N–H and O–H groups in total.